The Morgan fingerprint density at radius 3 is 1.44 bits per heavy atom. The van der Waals surface area contributed by atoms with Crippen molar-refractivity contribution in [1.29, 1.82) is 0 Å². The van der Waals surface area contributed by atoms with Crippen molar-refractivity contribution in [1.82, 2.24) is 19.5 Å². The molecule has 1 aliphatic carbocycles. The molecule has 0 fully saturated rings. The topological polar surface area (TPSA) is 46.8 Å². The summed E-state index contributed by atoms with van der Waals surface area (Å²) >= 11 is 0. The second kappa shape index (κ2) is 19.3. The molecule has 0 radical (unpaired) electrons. The summed E-state index contributed by atoms with van der Waals surface area (Å²) in [6.45, 7) is 4.77. The molecule has 13 aromatic rings. The fourth-order valence-electron chi connectivity index (χ4n) is 12.0. The zero-order valence-corrected chi connectivity index (χ0v) is 43.4. The van der Waals surface area contributed by atoms with Crippen LogP contribution in [0.5, 0.6) is 0 Å². The lowest BCUT2D eigenvalue weighted by atomic mass is 9.37. The van der Waals surface area contributed by atoms with Gasteiger partial charge in [0.1, 0.15) is 0 Å². The van der Waals surface area contributed by atoms with Gasteiger partial charge >= 0.3 is 0 Å². The van der Waals surface area contributed by atoms with E-state index < -0.39 is 0 Å². The van der Waals surface area contributed by atoms with Crippen LogP contribution in [0.15, 0.2) is 279 Å². The van der Waals surface area contributed by atoms with Crippen molar-refractivity contribution in [2.24, 2.45) is 0 Å². The number of aromatic nitrogens is 4. The van der Waals surface area contributed by atoms with E-state index in [9.17, 15) is 0 Å². The summed E-state index contributed by atoms with van der Waals surface area (Å²) in [6, 6.07) is 100. The van der Waals surface area contributed by atoms with E-state index in [1.165, 1.54) is 44.2 Å². The van der Waals surface area contributed by atoms with Gasteiger partial charge in [0, 0.05) is 49.9 Å². The number of rotatable bonds is 11. The highest BCUT2D eigenvalue weighted by Crippen LogP contribution is 2.53. The molecular formula is C72H52BN5. The summed E-state index contributed by atoms with van der Waals surface area (Å²) in [4.78, 5) is 18.2. The van der Waals surface area contributed by atoms with E-state index >= 15 is 0 Å². The lowest BCUT2D eigenvalue weighted by Crippen LogP contribution is -2.51. The zero-order valence-electron chi connectivity index (χ0n) is 43.4. The molecule has 6 heteroatoms. The van der Waals surface area contributed by atoms with Gasteiger partial charge in [0.2, 0.25) is 12.7 Å². The van der Waals surface area contributed by atoms with E-state index in [1.807, 2.05) is 36.4 Å². The number of fused-ring (bicyclic) bond motifs is 7. The minimum atomic E-state index is -0.213. The second-order valence-electron chi connectivity index (χ2n) is 20.8. The molecule has 0 saturated heterocycles. The van der Waals surface area contributed by atoms with Gasteiger partial charge in [-0.25, -0.2) is 4.98 Å². The summed E-state index contributed by atoms with van der Waals surface area (Å²) in [5.74, 6) is 1.82. The maximum atomic E-state index is 5.37. The van der Waals surface area contributed by atoms with Crippen LogP contribution in [0.2, 0.25) is 0 Å². The van der Waals surface area contributed by atoms with Gasteiger partial charge in [0.15, 0.2) is 11.6 Å². The fourth-order valence-corrected chi connectivity index (χ4v) is 12.0. The van der Waals surface area contributed by atoms with E-state index in [1.54, 1.807) is 0 Å². The van der Waals surface area contributed by atoms with Crippen LogP contribution in [0.25, 0.3) is 83.9 Å². The molecule has 0 aliphatic heterocycles. The van der Waals surface area contributed by atoms with Gasteiger partial charge in [0.25, 0.3) is 0 Å². The Balaban J connectivity index is 0.947. The molecule has 0 spiro atoms. The van der Waals surface area contributed by atoms with Crippen molar-refractivity contribution >= 4 is 62.0 Å². The van der Waals surface area contributed by atoms with E-state index in [0.29, 0.717) is 17.6 Å². The smallest absolute Gasteiger partial charge is 0.241 e. The normalized spacial score (nSPS) is 12.3. The molecule has 14 rings (SSSR count). The monoisotopic (exact) mass is 997 g/mol. The molecule has 2 heterocycles. The first-order chi connectivity index (χ1) is 38.4. The predicted molar refractivity (Wildman–Crippen MR) is 326 cm³/mol. The largest absolute Gasteiger partial charge is 0.310 e. The van der Waals surface area contributed by atoms with Gasteiger partial charge in [-0.2, -0.15) is 9.97 Å². The first kappa shape index (κ1) is 46.6. The molecular weight excluding hydrogens is 946 g/mol. The van der Waals surface area contributed by atoms with E-state index in [4.69, 9.17) is 15.0 Å². The van der Waals surface area contributed by atoms with Crippen LogP contribution >= 0.6 is 0 Å². The Bertz CT molecular complexity index is 4230. The lowest BCUT2D eigenvalue weighted by molar-refractivity contribution is 0.660. The first-order valence-corrected chi connectivity index (χ1v) is 26.8. The Labute approximate surface area is 455 Å². The van der Waals surface area contributed by atoms with Crippen molar-refractivity contribution in [3.05, 3.63) is 290 Å². The summed E-state index contributed by atoms with van der Waals surface area (Å²) in [5.41, 5.74) is 20.3. The Kier molecular flexibility index (Phi) is 11.6. The predicted octanol–water partition coefficient (Wildman–Crippen LogP) is 15.9. The number of anilines is 3. The summed E-state index contributed by atoms with van der Waals surface area (Å²) < 4.78 is 2.30. The Morgan fingerprint density at radius 1 is 0.359 bits per heavy atom. The number of hydrogen-bond acceptors (Lipinski definition) is 4. The highest BCUT2D eigenvalue weighted by atomic mass is 15.2. The third kappa shape index (κ3) is 8.17. The van der Waals surface area contributed by atoms with Crippen LogP contribution in [0.4, 0.5) is 17.1 Å². The van der Waals surface area contributed by atoms with Crippen molar-refractivity contribution in [3.8, 4) is 62.1 Å². The van der Waals surface area contributed by atoms with Crippen LogP contribution < -0.4 is 21.3 Å². The molecule has 78 heavy (non-hydrogen) atoms. The third-order valence-electron chi connectivity index (χ3n) is 15.8. The third-order valence-corrected chi connectivity index (χ3v) is 15.8. The molecule has 0 bridgehead atoms. The van der Waals surface area contributed by atoms with Gasteiger partial charge < -0.3 is 4.90 Å². The summed E-state index contributed by atoms with van der Waals surface area (Å²) in [6.07, 6.45) is 0. The van der Waals surface area contributed by atoms with Crippen LogP contribution in [0, 0.1) is 0 Å². The maximum Gasteiger partial charge on any atom is 0.241 e. The van der Waals surface area contributed by atoms with Gasteiger partial charge in [-0.05, 0) is 87.5 Å². The molecule has 0 atom stereocenters. The first-order valence-electron chi connectivity index (χ1n) is 26.8. The maximum absolute atomic E-state index is 5.37. The molecule has 1 aliphatic rings. The van der Waals surface area contributed by atoms with Gasteiger partial charge in [-0.1, -0.05) is 261 Å². The van der Waals surface area contributed by atoms with E-state index in [2.05, 4.69) is 266 Å². The van der Waals surface area contributed by atoms with Crippen molar-refractivity contribution < 1.29 is 0 Å². The molecule has 0 N–H and O–H groups in total. The van der Waals surface area contributed by atoms with E-state index in [0.717, 1.165) is 66.7 Å². The summed E-state index contributed by atoms with van der Waals surface area (Å²) in [7, 11) is 0. The van der Waals surface area contributed by atoms with Crippen molar-refractivity contribution in [2.45, 2.75) is 19.3 Å². The Hall–Kier alpha value is -9.91. The Morgan fingerprint density at radius 2 is 0.846 bits per heavy atom. The molecule has 11 aromatic carbocycles. The number of nitrogens with zero attached hydrogens (tertiary/aromatic N) is 5. The summed E-state index contributed by atoms with van der Waals surface area (Å²) in [5, 5.41) is 2.26. The van der Waals surface area contributed by atoms with Crippen molar-refractivity contribution in [2.75, 3.05) is 4.90 Å². The molecule has 368 valence electrons. The van der Waals surface area contributed by atoms with Gasteiger partial charge in [0.05, 0.1) is 11.0 Å². The average Bonchev–Trinajstić information content (AvgIpc) is 4.20. The minimum Gasteiger partial charge on any atom is -0.310 e. The minimum absolute atomic E-state index is 0.0877. The lowest BCUT2D eigenvalue weighted by Gasteiger charge is -2.27. The molecule has 5 nitrogen and oxygen atoms in total. The molecule has 2 aromatic heterocycles. The van der Waals surface area contributed by atoms with Crippen molar-refractivity contribution in [3.63, 3.8) is 0 Å². The van der Waals surface area contributed by atoms with E-state index in [-0.39, 0.29) is 12.1 Å². The number of hydrogen-bond donors (Lipinski definition) is 0. The highest BCUT2D eigenvalue weighted by Gasteiger charge is 2.38. The standard InChI is InChI=1S/C72H52BN5/c1-72(2)64-37-19-18-36-62(64)67-65(72)44-43-61-63-48-54(38-45-66(63)78(68(61)67)71-75-69(50-24-10-4-11-25-50)74-70(76-71)51-26-12-5-13-27-51)53-29-21-35-60(47-53)77(59-34-20-28-52(46-59)49-22-8-3-9-23-49)58-41-39-57(40-42-58)73(55-30-14-6-15-31-55)56-32-16-7-17-33-56/h3-48H,1-2H3. The quantitative estimate of drug-likeness (QED) is 0.121. The van der Waals surface area contributed by atoms with Crippen LogP contribution in [-0.4, -0.2) is 26.2 Å². The van der Waals surface area contributed by atoms with Crippen LogP contribution in [0.1, 0.15) is 25.0 Å². The SMILES string of the molecule is CC1(C)c2ccccc2-c2c1ccc1c3cc(-c4cccc(N(c5ccc(B(c6ccccc6)c6ccccc6)cc5)c5cccc(-c6ccccc6)c5)c4)ccc3n(-c3nc(-c4ccccc4)nc(-c4ccccc4)n3)c21. The average molecular weight is 998 g/mol. The highest BCUT2D eigenvalue weighted by molar-refractivity contribution is 6.95. The second-order valence-corrected chi connectivity index (χ2v) is 20.8. The molecule has 0 amide bonds. The van der Waals surface area contributed by atoms with Crippen LogP contribution in [-0.2, 0) is 5.41 Å². The van der Waals surface area contributed by atoms with Gasteiger partial charge in [-0.3, -0.25) is 4.57 Å². The number of benzene rings is 11. The molecule has 0 unspecified atom stereocenters. The molecule has 0 saturated carbocycles. The zero-order chi connectivity index (χ0) is 52.2. The van der Waals surface area contributed by atoms with Crippen LogP contribution in [0.3, 0.4) is 0 Å². The fraction of sp³-hybridized carbons (Fsp3) is 0.0417. The van der Waals surface area contributed by atoms with Gasteiger partial charge in [-0.15, -0.1) is 0 Å².